The Morgan fingerprint density at radius 2 is 1.88 bits per heavy atom. The van der Waals surface area contributed by atoms with Crippen LogP contribution in [0.3, 0.4) is 0 Å². The molecule has 2 atom stereocenters. The first kappa shape index (κ1) is 17.6. The van der Waals surface area contributed by atoms with E-state index in [1.54, 1.807) is 14.2 Å². The van der Waals surface area contributed by atoms with Crippen LogP contribution in [0.1, 0.15) is 37.6 Å². The third-order valence-electron chi connectivity index (χ3n) is 4.80. The zero-order valence-electron chi connectivity index (χ0n) is 15.4. The number of carbonyl (C=O) groups excluding carboxylic acids is 1. The van der Waals surface area contributed by atoms with Crippen LogP contribution < -0.4 is 14.8 Å². The Balaban J connectivity index is 2.13. The summed E-state index contributed by atoms with van der Waals surface area (Å²) in [5.74, 6) is 1.64. The number of benzene rings is 1. The first-order valence-electron chi connectivity index (χ1n) is 8.58. The van der Waals surface area contributed by atoms with E-state index in [4.69, 9.17) is 14.2 Å². The minimum Gasteiger partial charge on any atom is -0.493 e. The second-order valence-corrected chi connectivity index (χ2v) is 6.90. The minimum atomic E-state index is -0.339. The Morgan fingerprint density at radius 3 is 2.48 bits per heavy atom. The summed E-state index contributed by atoms with van der Waals surface area (Å²) >= 11 is 0. The molecule has 3 rings (SSSR count). The molecule has 1 aromatic carbocycles. The lowest BCUT2D eigenvalue weighted by molar-refractivity contribution is -0.143. The van der Waals surface area contributed by atoms with E-state index in [0.717, 1.165) is 28.6 Å². The van der Waals surface area contributed by atoms with Gasteiger partial charge in [-0.15, -0.1) is 0 Å². The molecule has 0 radical (unpaired) electrons. The number of aromatic amines is 1. The van der Waals surface area contributed by atoms with E-state index in [-0.39, 0.29) is 18.1 Å². The topological polar surface area (TPSA) is 72.6 Å². The van der Waals surface area contributed by atoms with Crippen molar-refractivity contribution in [2.45, 2.75) is 38.8 Å². The highest BCUT2D eigenvalue weighted by Crippen LogP contribution is 2.39. The summed E-state index contributed by atoms with van der Waals surface area (Å²) < 4.78 is 15.8. The summed E-state index contributed by atoms with van der Waals surface area (Å²) in [5, 5.41) is 4.51. The number of hydrogen-bond acceptors (Lipinski definition) is 5. The van der Waals surface area contributed by atoms with Crippen molar-refractivity contribution in [3.8, 4) is 11.5 Å². The molecule has 1 aliphatic rings. The summed E-state index contributed by atoms with van der Waals surface area (Å²) in [7, 11) is 4.69. The fourth-order valence-electron chi connectivity index (χ4n) is 3.66. The Bertz CT molecular complexity index is 781. The lowest BCUT2D eigenvalue weighted by Crippen LogP contribution is -2.45. The van der Waals surface area contributed by atoms with Crippen LogP contribution in [0.5, 0.6) is 11.5 Å². The van der Waals surface area contributed by atoms with Gasteiger partial charge in [-0.2, -0.15) is 0 Å². The maximum absolute atomic E-state index is 12.1. The Hall–Kier alpha value is -2.21. The van der Waals surface area contributed by atoms with E-state index < -0.39 is 0 Å². The molecule has 6 heteroatoms. The van der Waals surface area contributed by atoms with Crippen LogP contribution in [0.15, 0.2) is 12.1 Å². The zero-order valence-corrected chi connectivity index (χ0v) is 15.4. The van der Waals surface area contributed by atoms with Gasteiger partial charge >= 0.3 is 5.97 Å². The highest BCUT2D eigenvalue weighted by Gasteiger charge is 2.34. The molecule has 0 spiro atoms. The predicted octanol–water partition coefficient (Wildman–Crippen LogP) is 2.96. The number of hydrogen-bond donors (Lipinski definition) is 2. The van der Waals surface area contributed by atoms with E-state index >= 15 is 0 Å². The van der Waals surface area contributed by atoms with Crippen LogP contribution in [0.4, 0.5) is 0 Å². The number of methoxy groups -OCH3 is 3. The number of aromatic nitrogens is 1. The average molecular weight is 346 g/mol. The minimum absolute atomic E-state index is 0.0808. The fraction of sp³-hybridized carbons (Fsp3) is 0.526. The molecule has 0 amide bonds. The van der Waals surface area contributed by atoms with Crippen LogP contribution in [-0.2, 0) is 16.0 Å². The van der Waals surface area contributed by atoms with Crippen molar-refractivity contribution in [2.75, 3.05) is 21.3 Å². The van der Waals surface area contributed by atoms with Crippen LogP contribution >= 0.6 is 0 Å². The van der Waals surface area contributed by atoms with E-state index in [0.29, 0.717) is 23.8 Å². The van der Waals surface area contributed by atoms with Crippen molar-refractivity contribution < 1.29 is 19.0 Å². The molecular weight excluding hydrogens is 320 g/mol. The number of nitrogens with one attached hydrogen (secondary N) is 2. The van der Waals surface area contributed by atoms with E-state index in [9.17, 15) is 4.79 Å². The van der Waals surface area contributed by atoms with Gasteiger partial charge in [0.2, 0.25) is 0 Å². The van der Waals surface area contributed by atoms with Crippen LogP contribution in [0, 0.1) is 5.92 Å². The Kier molecular flexibility index (Phi) is 4.90. The van der Waals surface area contributed by atoms with Gasteiger partial charge in [0.15, 0.2) is 11.5 Å². The highest BCUT2D eigenvalue weighted by atomic mass is 16.5. The summed E-state index contributed by atoms with van der Waals surface area (Å²) in [6.45, 7) is 4.36. The molecule has 2 unspecified atom stereocenters. The molecule has 2 heterocycles. The molecule has 0 bridgehead atoms. The van der Waals surface area contributed by atoms with Gasteiger partial charge in [-0.1, -0.05) is 13.8 Å². The van der Waals surface area contributed by atoms with E-state index in [1.165, 1.54) is 7.11 Å². The van der Waals surface area contributed by atoms with Crippen molar-refractivity contribution >= 4 is 16.9 Å². The maximum atomic E-state index is 12.1. The summed E-state index contributed by atoms with van der Waals surface area (Å²) in [5.41, 5.74) is 3.28. The molecular formula is C19H26N2O4. The molecule has 0 aliphatic carbocycles. The quantitative estimate of drug-likeness (QED) is 0.815. The third kappa shape index (κ3) is 3.18. The van der Waals surface area contributed by atoms with Crippen molar-refractivity contribution in [3.63, 3.8) is 0 Å². The van der Waals surface area contributed by atoms with Gasteiger partial charge in [0.1, 0.15) is 6.04 Å². The van der Waals surface area contributed by atoms with Crippen molar-refractivity contribution in [3.05, 3.63) is 23.4 Å². The first-order chi connectivity index (χ1) is 12.0. The van der Waals surface area contributed by atoms with Crippen LogP contribution in [0.2, 0.25) is 0 Å². The predicted molar refractivity (Wildman–Crippen MR) is 96.2 cm³/mol. The second-order valence-electron chi connectivity index (χ2n) is 6.90. The lowest BCUT2D eigenvalue weighted by atomic mass is 9.90. The zero-order chi connectivity index (χ0) is 18.1. The van der Waals surface area contributed by atoms with Crippen molar-refractivity contribution in [2.24, 2.45) is 5.92 Å². The highest BCUT2D eigenvalue weighted by molar-refractivity contribution is 5.89. The molecule has 0 saturated carbocycles. The smallest absolute Gasteiger partial charge is 0.323 e. The monoisotopic (exact) mass is 346 g/mol. The number of ether oxygens (including phenoxy) is 3. The van der Waals surface area contributed by atoms with Gasteiger partial charge in [-0.05, 0) is 24.0 Å². The Labute approximate surface area is 147 Å². The van der Waals surface area contributed by atoms with Crippen molar-refractivity contribution in [1.29, 1.82) is 0 Å². The van der Waals surface area contributed by atoms with E-state index in [1.807, 2.05) is 12.1 Å². The number of fused-ring (bicyclic) bond motifs is 3. The van der Waals surface area contributed by atoms with Gasteiger partial charge in [0, 0.05) is 35.1 Å². The largest absolute Gasteiger partial charge is 0.493 e. The standard InChI is InChI=1S/C19H26N2O4/c1-10(2)6-14-18-12(7-15(20-14)19(22)25-5)11-8-16(23-3)17(24-4)9-13(11)21-18/h8-10,14-15,20-21H,6-7H2,1-5H3. The van der Waals surface area contributed by atoms with Gasteiger partial charge in [0.05, 0.1) is 21.3 Å². The molecule has 136 valence electrons. The molecule has 1 aromatic heterocycles. The fourth-order valence-corrected chi connectivity index (χ4v) is 3.66. The molecule has 25 heavy (non-hydrogen) atoms. The molecule has 2 aromatic rings. The van der Waals surface area contributed by atoms with Crippen LogP contribution in [-0.4, -0.2) is 38.3 Å². The number of carbonyl (C=O) groups is 1. The molecule has 2 N–H and O–H groups in total. The van der Waals surface area contributed by atoms with Gasteiger partial charge in [-0.3, -0.25) is 10.1 Å². The molecule has 0 fully saturated rings. The third-order valence-corrected chi connectivity index (χ3v) is 4.80. The lowest BCUT2D eigenvalue weighted by Gasteiger charge is -2.31. The Morgan fingerprint density at radius 1 is 1.20 bits per heavy atom. The second kappa shape index (κ2) is 6.96. The number of H-pyrrole nitrogens is 1. The average Bonchev–Trinajstić information content (AvgIpc) is 2.97. The maximum Gasteiger partial charge on any atom is 0.323 e. The summed E-state index contributed by atoms with van der Waals surface area (Å²) in [6, 6.07) is 3.67. The SMILES string of the molecule is COC(=O)C1Cc2c([nH]c3cc(OC)c(OC)cc23)C(CC(C)C)N1. The van der Waals surface area contributed by atoms with Gasteiger partial charge in [-0.25, -0.2) is 0 Å². The van der Waals surface area contributed by atoms with Gasteiger partial charge < -0.3 is 19.2 Å². The number of esters is 1. The molecule has 0 saturated heterocycles. The summed E-state index contributed by atoms with van der Waals surface area (Å²) in [6.07, 6.45) is 1.52. The number of rotatable bonds is 5. The summed E-state index contributed by atoms with van der Waals surface area (Å²) in [4.78, 5) is 15.7. The van der Waals surface area contributed by atoms with Crippen LogP contribution in [0.25, 0.3) is 10.9 Å². The molecule has 1 aliphatic heterocycles. The van der Waals surface area contributed by atoms with E-state index in [2.05, 4.69) is 24.1 Å². The van der Waals surface area contributed by atoms with Crippen molar-refractivity contribution in [1.82, 2.24) is 10.3 Å². The first-order valence-corrected chi connectivity index (χ1v) is 8.58. The molecule has 6 nitrogen and oxygen atoms in total. The van der Waals surface area contributed by atoms with Gasteiger partial charge in [0.25, 0.3) is 0 Å². The normalized spacial score (nSPS) is 19.8.